The van der Waals surface area contributed by atoms with E-state index < -0.39 is 10.0 Å². The highest BCUT2D eigenvalue weighted by Gasteiger charge is 2.34. The van der Waals surface area contributed by atoms with Crippen molar-refractivity contribution in [3.63, 3.8) is 0 Å². The SMILES string of the molecule is CCOc1ccc(S(=O)(=O)N2CCC(C(=O)OC3CCCN(CC)C3)CC2)cc1. The summed E-state index contributed by atoms with van der Waals surface area (Å²) in [5.74, 6) is 0.252. The van der Waals surface area contributed by atoms with Crippen LogP contribution in [0, 0.1) is 5.92 Å². The van der Waals surface area contributed by atoms with Gasteiger partial charge in [-0.05, 0) is 70.0 Å². The quantitative estimate of drug-likeness (QED) is 0.626. The van der Waals surface area contributed by atoms with Crippen LogP contribution >= 0.6 is 0 Å². The molecule has 1 aromatic carbocycles. The third kappa shape index (κ3) is 5.49. The molecule has 0 N–H and O–H groups in total. The molecule has 0 amide bonds. The van der Waals surface area contributed by atoms with Gasteiger partial charge in [0, 0.05) is 19.6 Å². The third-order valence-electron chi connectivity index (χ3n) is 5.75. The number of carbonyl (C=O) groups excluding carboxylic acids is 1. The average Bonchev–Trinajstić information content (AvgIpc) is 2.74. The van der Waals surface area contributed by atoms with Crippen molar-refractivity contribution in [2.24, 2.45) is 5.92 Å². The summed E-state index contributed by atoms with van der Waals surface area (Å²) in [6, 6.07) is 6.49. The standard InChI is InChI=1S/C21H32N2O5S/c1-3-22-13-5-6-19(16-22)28-21(24)17-11-14-23(15-12-17)29(25,26)20-9-7-18(8-10-20)27-4-2/h7-10,17,19H,3-6,11-16H2,1-2H3. The Labute approximate surface area is 174 Å². The number of benzene rings is 1. The summed E-state index contributed by atoms with van der Waals surface area (Å²) in [5.41, 5.74) is 0. The molecule has 162 valence electrons. The summed E-state index contributed by atoms with van der Waals surface area (Å²) >= 11 is 0. The number of ether oxygens (including phenoxy) is 2. The monoisotopic (exact) mass is 424 g/mol. The van der Waals surface area contributed by atoms with Crippen LogP contribution in [0.5, 0.6) is 5.75 Å². The maximum absolute atomic E-state index is 12.9. The molecule has 0 aliphatic carbocycles. The second kappa shape index (κ2) is 9.91. The van der Waals surface area contributed by atoms with Crippen molar-refractivity contribution >= 4 is 16.0 Å². The molecule has 0 bridgehead atoms. The van der Waals surface area contributed by atoms with Gasteiger partial charge < -0.3 is 9.47 Å². The van der Waals surface area contributed by atoms with E-state index in [4.69, 9.17) is 9.47 Å². The first-order valence-corrected chi connectivity index (χ1v) is 12.0. The number of esters is 1. The summed E-state index contributed by atoms with van der Waals surface area (Å²) in [5, 5.41) is 0. The van der Waals surface area contributed by atoms with Crippen LogP contribution in [0.3, 0.4) is 0 Å². The van der Waals surface area contributed by atoms with Gasteiger partial charge in [-0.25, -0.2) is 8.42 Å². The highest BCUT2D eigenvalue weighted by molar-refractivity contribution is 7.89. The zero-order chi connectivity index (χ0) is 20.9. The molecule has 2 heterocycles. The Morgan fingerprint density at radius 2 is 1.76 bits per heavy atom. The maximum Gasteiger partial charge on any atom is 0.309 e. The van der Waals surface area contributed by atoms with Gasteiger partial charge in [0.2, 0.25) is 10.0 Å². The number of likely N-dealkylation sites (N-methyl/N-ethyl adjacent to an activating group) is 1. The number of rotatable bonds is 7. The van der Waals surface area contributed by atoms with E-state index in [1.807, 2.05) is 6.92 Å². The van der Waals surface area contributed by atoms with Crippen LogP contribution in [0.25, 0.3) is 0 Å². The minimum atomic E-state index is -3.56. The fourth-order valence-corrected chi connectivity index (χ4v) is 5.48. The predicted molar refractivity (Wildman–Crippen MR) is 110 cm³/mol. The molecule has 29 heavy (non-hydrogen) atoms. The molecule has 0 saturated carbocycles. The van der Waals surface area contributed by atoms with Crippen molar-refractivity contribution in [1.29, 1.82) is 0 Å². The fourth-order valence-electron chi connectivity index (χ4n) is 4.01. The first-order chi connectivity index (χ1) is 13.9. The summed E-state index contributed by atoms with van der Waals surface area (Å²) in [6.45, 7) is 8.03. The fraction of sp³-hybridized carbons (Fsp3) is 0.667. The molecule has 1 atom stereocenters. The number of likely N-dealkylation sites (tertiary alicyclic amines) is 1. The van der Waals surface area contributed by atoms with Gasteiger partial charge in [0.05, 0.1) is 17.4 Å². The van der Waals surface area contributed by atoms with Gasteiger partial charge in [0.1, 0.15) is 11.9 Å². The van der Waals surface area contributed by atoms with Crippen LogP contribution in [0.1, 0.15) is 39.5 Å². The Morgan fingerprint density at radius 1 is 1.07 bits per heavy atom. The van der Waals surface area contributed by atoms with E-state index in [-0.39, 0.29) is 22.9 Å². The van der Waals surface area contributed by atoms with Gasteiger partial charge in [-0.1, -0.05) is 6.92 Å². The van der Waals surface area contributed by atoms with Crippen molar-refractivity contribution in [1.82, 2.24) is 9.21 Å². The Balaban J connectivity index is 1.53. The molecule has 0 radical (unpaired) electrons. The van der Waals surface area contributed by atoms with Crippen LogP contribution in [-0.2, 0) is 19.6 Å². The molecule has 7 nitrogen and oxygen atoms in total. The van der Waals surface area contributed by atoms with Crippen LogP contribution in [-0.4, -0.2) is 69.0 Å². The lowest BCUT2D eigenvalue weighted by molar-refractivity contribution is -0.157. The topological polar surface area (TPSA) is 76.2 Å². The number of hydrogen-bond acceptors (Lipinski definition) is 6. The van der Waals surface area contributed by atoms with Gasteiger partial charge in [0.15, 0.2) is 0 Å². The molecule has 2 fully saturated rings. The molecular formula is C21H32N2O5S. The number of nitrogens with zero attached hydrogens (tertiary/aromatic N) is 2. The second-order valence-electron chi connectivity index (χ2n) is 7.68. The van der Waals surface area contributed by atoms with Gasteiger partial charge in [-0.2, -0.15) is 4.31 Å². The molecule has 1 aromatic rings. The van der Waals surface area contributed by atoms with E-state index >= 15 is 0 Å². The van der Waals surface area contributed by atoms with E-state index in [0.717, 1.165) is 32.5 Å². The van der Waals surface area contributed by atoms with Crippen LogP contribution < -0.4 is 4.74 Å². The van der Waals surface area contributed by atoms with E-state index in [9.17, 15) is 13.2 Å². The van der Waals surface area contributed by atoms with Gasteiger partial charge in [-0.3, -0.25) is 9.69 Å². The number of piperidine rings is 2. The normalized spacial score (nSPS) is 22.3. The Kier molecular flexibility index (Phi) is 7.54. The summed E-state index contributed by atoms with van der Waals surface area (Å²) in [4.78, 5) is 15.1. The average molecular weight is 425 g/mol. The molecule has 0 aromatic heterocycles. The second-order valence-corrected chi connectivity index (χ2v) is 9.62. The lowest BCUT2D eigenvalue weighted by atomic mass is 9.98. The number of hydrogen-bond donors (Lipinski definition) is 0. The van der Waals surface area contributed by atoms with E-state index in [2.05, 4.69) is 11.8 Å². The molecule has 3 rings (SSSR count). The zero-order valence-electron chi connectivity index (χ0n) is 17.4. The first kappa shape index (κ1) is 22.1. The molecule has 2 aliphatic heterocycles. The summed E-state index contributed by atoms with van der Waals surface area (Å²) < 4.78 is 38.3. The van der Waals surface area contributed by atoms with Crippen molar-refractivity contribution < 1.29 is 22.7 Å². The Morgan fingerprint density at radius 3 is 2.38 bits per heavy atom. The van der Waals surface area contributed by atoms with E-state index in [1.54, 1.807) is 24.3 Å². The Bertz CT molecular complexity index is 773. The van der Waals surface area contributed by atoms with Crippen LogP contribution in [0.4, 0.5) is 0 Å². The van der Waals surface area contributed by atoms with Crippen LogP contribution in [0.2, 0.25) is 0 Å². The third-order valence-corrected chi connectivity index (χ3v) is 7.66. The number of sulfonamides is 1. The highest BCUT2D eigenvalue weighted by Crippen LogP contribution is 2.26. The number of carbonyl (C=O) groups is 1. The van der Waals surface area contributed by atoms with Gasteiger partial charge in [0.25, 0.3) is 0 Å². The minimum Gasteiger partial charge on any atom is -0.494 e. The van der Waals surface area contributed by atoms with Gasteiger partial charge in [-0.15, -0.1) is 0 Å². The van der Waals surface area contributed by atoms with Crippen molar-refractivity contribution in [3.05, 3.63) is 24.3 Å². The van der Waals surface area contributed by atoms with Gasteiger partial charge >= 0.3 is 5.97 Å². The zero-order valence-corrected chi connectivity index (χ0v) is 18.2. The molecule has 1 unspecified atom stereocenters. The summed E-state index contributed by atoms with van der Waals surface area (Å²) in [7, 11) is -3.56. The molecule has 0 spiro atoms. The van der Waals surface area contributed by atoms with E-state index in [1.165, 1.54) is 4.31 Å². The Hall–Kier alpha value is -1.64. The summed E-state index contributed by atoms with van der Waals surface area (Å²) in [6.07, 6.45) is 2.91. The van der Waals surface area contributed by atoms with E-state index in [0.29, 0.717) is 38.3 Å². The largest absolute Gasteiger partial charge is 0.494 e. The minimum absolute atomic E-state index is 0.0400. The predicted octanol–water partition coefficient (Wildman–Crippen LogP) is 2.51. The van der Waals surface area contributed by atoms with Crippen molar-refractivity contribution in [2.45, 2.75) is 50.5 Å². The molecule has 2 saturated heterocycles. The highest BCUT2D eigenvalue weighted by atomic mass is 32.2. The lowest BCUT2D eigenvalue weighted by Crippen LogP contribution is -2.43. The first-order valence-electron chi connectivity index (χ1n) is 10.6. The molecule has 2 aliphatic rings. The smallest absolute Gasteiger partial charge is 0.309 e. The van der Waals surface area contributed by atoms with Crippen LogP contribution in [0.15, 0.2) is 29.2 Å². The maximum atomic E-state index is 12.9. The van der Waals surface area contributed by atoms with Crippen molar-refractivity contribution in [3.8, 4) is 5.75 Å². The molecular weight excluding hydrogens is 392 g/mol. The van der Waals surface area contributed by atoms with Crippen molar-refractivity contribution in [2.75, 3.05) is 39.3 Å². The lowest BCUT2D eigenvalue weighted by Gasteiger charge is -2.34. The molecule has 8 heteroatoms.